The van der Waals surface area contributed by atoms with Crippen molar-refractivity contribution in [3.63, 3.8) is 0 Å². The molecule has 1 aliphatic heterocycles. The maximum Gasteiger partial charge on any atom is 0.336 e. The van der Waals surface area contributed by atoms with E-state index in [1.807, 2.05) is 0 Å². The second-order valence-corrected chi connectivity index (χ2v) is 6.50. The highest BCUT2D eigenvalue weighted by Crippen LogP contribution is 2.44. The van der Waals surface area contributed by atoms with Crippen LogP contribution in [0.5, 0.6) is 0 Å². The molecule has 3 aliphatic rings. The molecule has 5 nitrogen and oxygen atoms in total. The molecule has 0 aromatic rings. The highest BCUT2D eigenvalue weighted by atomic mass is 16.5. The molecule has 0 amide bonds. The van der Waals surface area contributed by atoms with Crippen molar-refractivity contribution in [1.82, 2.24) is 0 Å². The summed E-state index contributed by atoms with van der Waals surface area (Å²) in [5, 5.41) is 0. The van der Waals surface area contributed by atoms with Crippen LogP contribution in [-0.4, -0.2) is 37.7 Å². The van der Waals surface area contributed by atoms with Crippen molar-refractivity contribution in [2.45, 2.75) is 26.3 Å². The molecular weight excluding hydrogens is 342 g/mol. The Morgan fingerprint density at radius 1 is 1.26 bits per heavy atom. The van der Waals surface area contributed by atoms with Crippen molar-refractivity contribution in [3.8, 4) is 24.7 Å². The van der Waals surface area contributed by atoms with Crippen LogP contribution in [0.25, 0.3) is 0 Å². The molecule has 0 fully saturated rings. The van der Waals surface area contributed by atoms with Gasteiger partial charge in [0.2, 0.25) is 0 Å². The Labute approximate surface area is 160 Å². The number of methoxy groups -OCH3 is 2. The molecule has 0 saturated heterocycles. The first-order chi connectivity index (χ1) is 13.0. The van der Waals surface area contributed by atoms with Gasteiger partial charge >= 0.3 is 5.97 Å². The maximum atomic E-state index is 12.0. The van der Waals surface area contributed by atoms with Gasteiger partial charge in [0.15, 0.2) is 5.78 Å². The van der Waals surface area contributed by atoms with Crippen LogP contribution in [0.3, 0.4) is 0 Å². The highest BCUT2D eigenvalue weighted by Gasteiger charge is 2.43. The average molecular weight is 365 g/mol. The fourth-order valence-corrected chi connectivity index (χ4v) is 3.90. The quantitative estimate of drug-likeness (QED) is 0.253. The van der Waals surface area contributed by atoms with Gasteiger partial charge in [0.1, 0.15) is 11.8 Å². The topological polar surface area (TPSA) is 65.0 Å². The van der Waals surface area contributed by atoms with Gasteiger partial charge in [0, 0.05) is 18.3 Å². The van der Waals surface area contributed by atoms with E-state index in [9.17, 15) is 9.59 Å². The minimum atomic E-state index is -0.420. The van der Waals surface area contributed by atoms with Crippen LogP contribution < -0.4 is 0 Å². The Balaban J connectivity index is 0.00000126. The van der Waals surface area contributed by atoms with E-state index < -0.39 is 5.97 Å². The lowest BCUT2D eigenvalue weighted by atomic mass is 9.69. The van der Waals surface area contributed by atoms with Gasteiger partial charge in [-0.05, 0) is 36.6 Å². The van der Waals surface area contributed by atoms with Gasteiger partial charge in [-0.3, -0.25) is 9.79 Å². The molecule has 4 atom stereocenters. The summed E-state index contributed by atoms with van der Waals surface area (Å²) in [5.74, 6) is 6.49. The molecule has 0 N–H and O–H groups in total. The second-order valence-electron chi connectivity index (χ2n) is 6.50. The van der Waals surface area contributed by atoms with Crippen molar-refractivity contribution >= 4 is 17.5 Å². The van der Waals surface area contributed by atoms with Crippen molar-refractivity contribution < 1.29 is 19.1 Å². The van der Waals surface area contributed by atoms with E-state index in [-0.39, 0.29) is 29.6 Å². The van der Waals surface area contributed by atoms with Gasteiger partial charge in [0.25, 0.3) is 0 Å². The SMILES string of the molecule is C#C.COC(=O)/C(C)=C(\OC)C1CC#CC2N=C3C=CC(=O)C=C3C1C2C. The number of carbonyl (C=O) groups is 2. The largest absolute Gasteiger partial charge is 0.500 e. The number of ketones is 1. The van der Waals surface area contributed by atoms with E-state index in [1.165, 1.54) is 13.2 Å². The van der Waals surface area contributed by atoms with Gasteiger partial charge in [-0.1, -0.05) is 12.8 Å². The normalized spacial score (nSPS) is 28.4. The number of hydrogen-bond acceptors (Lipinski definition) is 5. The molecule has 4 unspecified atom stereocenters. The van der Waals surface area contributed by atoms with E-state index in [2.05, 4.69) is 31.6 Å². The molecule has 27 heavy (non-hydrogen) atoms. The summed E-state index contributed by atoms with van der Waals surface area (Å²) in [7, 11) is 2.91. The second kappa shape index (κ2) is 8.56. The Hall–Kier alpha value is -3.05. The molecule has 3 rings (SSSR count). The Kier molecular flexibility index (Phi) is 6.42. The summed E-state index contributed by atoms with van der Waals surface area (Å²) in [5.41, 5.74) is 2.14. The van der Waals surface area contributed by atoms with Crippen LogP contribution in [0.4, 0.5) is 0 Å². The molecule has 0 radical (unpaired) electrons. The Morgan fingerprint density at radius 2 is 1.96 bits per heavy atom. The molecule has 0 aromatic heterocycles. The first kappa shape index (κ1) is 20.3. The van der Waals surface area contributed by atoms with E-state index in [0.29, 0.717) is 17.8 Å². The number of aliphatic imine (C=N–C) groups is 1. The van der Waals surface area contributed by atoms with Crippen LogP contribution in [0, 0.1) is 42.4 Å². The van der Waals surface area contributed by atoms with Crippen molar-refractivity contribution in [1.29, 1.82) is 0 Å². The first-order valence-electron chi connectivity index (χ1n) is 8.64. The number of ether oxygens (including phenoxy) is 2. The van der Waals surface area contributed by atoms with Gasteiger partial charge < -0.3 is 9.47 Å². The number of carbonyl (C=O) groups excluding carboxylic acids is 2. The number of nitrogens with zero attached hydrogens (tertiary/aromatic N) is 1. The molecular formula is C22H23NO4. The molecule has 1 heterocycles. The summed E-state index contributed by atoms with van der Waals surface area (Å²) in [6.07, 6.45) is 13.5. The van der Waals surface area contributed by atoms with E-state index in [1.54, 1.807) is 26.2 Å². The third-order valence-electron chi connectivity index (χ3n) is 5.12. The van der Waals surface area contributed by atoms with Crippen LogP contribution >= 0.6 is 0 Å². The predicted octanol–water partition coefficient (Wildman–Crippen LogP) is 2.49. The lowest BCUT2D eigenvalue weighted by Crippen LogP contribution is -2.38. The van der Waals surface area contributed by atoms with Gasteiger partial charge in [0.05, 0.1) is 25.5 Å². The van der Waals surface area contributed by atoms with Crippen molar-refractivity contribution in [2.75, 3.05) is 14.2 Å². The number of rotatable bonds is 3. The highest BCUT2D eigenvalue weighted by molar-refractivity contribution is 6.20. The fourth-order valence-electron chi connectivity index (χ4n) is 3.90. The molecule has 0 spiro atoms. The number of terminal acetylenes is 1. The number of hydrogen-bond donors (Lipinski definition) is 0. The molecule has 140 valence electrons. The average Bonchev–Trinajstić information content (AvgIpc) is 2.78. The fraction of sp³-hybridized carbons (Fsp3) is 0.409. The maximum absolute atomic E-state index is 12.0. The molecule has 2 bridgehead atoms. The van der Waals surface area contributed by atoms with Gasteiger partial charge in [-0.15, -0.1) is 18.8 Å². The zero-order valence-corrected chi connectivity index (χ0v) is 16.0. The first-order valence-corrected chi connectivity index (χ1v) is 8.64. The van der Waals surface area contributed by atoms with Crippen molar-refractivity contribution in [2.24, 2.45) is 22.7 Å². The standard InChI is InChI=1S/C20H21NO4.C2H2/c1-11-16-7-5-6-14(19(24-3)12(2)20(23)25-4)18(11)15-10-13(22)8-9-17(15)21-16;1-2/h8-11,14,16,18H,6H2,1-4H3;1-2H/b19-12-;. The van der Waals surface area contributed by atoms with Crippen LogP contribution in [0.15, 0.2) is 40.1 Å². The van der Waals surface area contributed by atoms with Crippen molar-refractivity contribution in [3.05, 3.63) is 35.1 Å². The predicted molar refractivity (Wildman–Crippen MR) is 104 cm³/mol. The summed E-state index contributed by atoms with van der Waals surface area (Å²) in [6, 6.07) is -0.114. The number of fused-ring (bicyclic) bond motifs is 4. The summed E-state index contributed by atoms with van der Waals surface area (Å²) >= 11 is 0. The Morgan fingerprint density at radius 3 is 2.59 bits per heavy atom. The third kappa shape index (κ3) is 3.73. The zero-order valence-electron chi connectivity index (χ0n) is 16.0. The minimum Gasteiger partial charge on any atom is -0.500 e. The monoisotopic (exact) mass is 365 g/mol. The molecule has 5 heteroatoms. The lowest BCUT2D eigenvalue weighted by Gasteiger charge is -2.38. The zero-order chi connectivity index (χ0) is 20.1. The van der Waals surface area contributed by atoms with Crippen LogP contribution in [-0.2, 0) is 19.1 Å². The molecule has 0 aromatic carbocycles. The van der Waals surface area contributed by atoms with Gasteiger partial charge in [-0.25, -0.2) is 4.79 Å². The lowest BCUT2D eigenvalue weighted by molar-refractivity contribution is -0.136. The molecule has 0 saturated carbocycles. The van der Waals surface area contributed by atoms with E-state index in [4.69, 9.17) is 14.5 Å². The number of allylic oxidation sites excluding steroid dienone is 5. The molecule has 2 aliphatic carbocycles. The van der Waals surface area contributed by atoms with Gasteiger partial charge in [-0.2, -0.15) is 0 Å². The van der Waals surface area contributed by atoms with Crippen LogP contribution in [0.1, 0.15) is 20.3 Å². The number of esters is 1. The third-order valence-corrected chi connectivity index (χ3v) is 5.12. The minimum absolute atomic E-state index is 0.0107. The summed E-state index contributed by atoms with van der Waals surface area (Å²) < 4.78 is 10.5. The smallest absolute Gasteiger partial charge is 0.336 e. The van der Waals surface area contributed by atoms with Crippen LogP contribution in [0.2, 0.25) is 0 Å². The Bertz CT molecular complexity index is 845. The van der Waals surface area contributed by atoms with E-state index >= 15 is 0 Å². The van der Waals surface area contributed by atoms with E-state index in [0.717, 1.165) is 11.3 Å². The summed E-state index contributed by atoms with van der Waals surface area (Å²) in [4.78, 5) is 28.7. The summed E-state index contributed by atoms with van der Waals surface area (Å²) in [6.45, 7) is 3.79.